The van der Waals surface area contributed by atoms with Gasteiger partial charge in [-0.3, -0.25) is 4.99 Å². The molecule has 0 bridgehead atoms. The standard InChI is InChI=1S/C17H20N2/c1-2-14-6-3-4-7-15(14)9-10-16-17-8-5-12-19(17)13-11-18-16/h3-8,12H,2,9-11,13H2,1H3. The third-order valence-electron chi connectivity index (χ3n) is 3.90. The Morgan fingerprint density at radius 1 is 1.05 bits per heavy atom. The minimum atomic E-state index is 0.923. The fourth-order valence-corrected chi connectivity index (χ4v) is 2.85. The van der Waals surface area contributed by atoms with Crippen LogP contribution in [0, 0.1) is 0 Å². The summed E-state index contributed by atoms with van der Waals surface area (Å²) < 4.78 is 2.31. The first-order chi connectivity index (χ1) is 9.38. The number of fused-ring (bicyclic) bond motifs is 1. The molecule has 19 heavy (non-hydrogen) atoms. The minimum Gasteiger partial charge on any atom is -0.345 e. The van der Waals surface area contributed by atoms with E-state index in [4.69, 9.17) is 4.99 Å². The van der Waals surface area contributed by atoms with Gasteiger partial charge in [-0.25, -0.2) is 0 Å². The molecule has 0 unspecified atom stereocenters. The van der Waals surface area contributed by atoms with E-state index < -0.39 is 0 Å². The smallest absolute Gasteiger partial charge is 0.0621 e. The first kappa shape index (κ1) is 12.2. The van der Waals surface area contributed by atoms with Gasteiger partial charge in [-0.15, -0.1) is 0 Å². The first-order valence-corrected chi connectivity index (χ1v) is 7.14. The van der Waals surface area contributed by atoms with Gasteiger partial charge in [-0.2, -0.15) is 0 Å². The average molecular weight is 252 g/mol. The molecule has 0 radical (unpaired) electrons. The number of hydrogen-bond acceptors (Lipinski definition) is 1. The van der Waals surface area contributed by atoms with Gasteiger partial charge in [0.05, 0.1) is 18.0 Å². The highest BCUT2D eigenvalue weighted by Crippen LogP contribution is 2.16. The topological polar surface area (TPSA) is 17.3 Å². The molecular weight excluding hydrogens is 232 g/mol. The zero-order valence-corrected chi connectivity index (χ0v) is 11.5. The fourth-order valence-electron chi connectivity index (χ4n) is 2.85. The summed E-state index contributed by atoms with van der Waals surface area (Å²) in [5.74, 6) is 0. The number of rotatable bonds is 4. The normalized spacial score (nSPS) is 14.1. The van der Waals surface area contributed by atoms with E-state index in [1.54, 1.807) is 0 Å². The van der Waals surface area contributed by atoms with Crippen LogP contribution in [0.5, 0.6) is 0 Å². The van der Waals surface area contributed by atoms with Crippen molar-refractivity contribution in [1.82, 2.24) is 4.57 Å². The van der Waals surface area contributed by atoms with Gasteiger partial charge in [0, 0.05) is 12.7 Å². The van der Waals surface area contributed by atoms with Gasteiger partial charge in [0.1, 0.15) is 0 Å². The molecule has 0 saturated carbocycles. The van der Waals surface area contributed by atoms with Crippen LogP contribution in [0.25, 0.3) is 0 Å². The summed E-state index contributed by atoms with van der Waals surface area (Å²) in [6.07, 6.45) is 5.40. The average Bonchev–Trinajstić information content (AvgIpc) is 2.94. The number of aliphatic imine (C=N–C) groups is 1. The van der Waals surface area contributed by atoms with Crippen LogP contribution in [0.15, 0.2) is 47.6 Å². The molecule has 1 aliphatic rings. The summed E-state index contributed by atoms with van der Waals surface area (Å²) in [5.41, 5.74) is 5.51. The highest BCUT2D eigenvalue weighted by atomic mass is 15.0. The Hall–Kier alpha value is -1.83. The Morgan fingerprint density at radius 3 is 2.74 bits per heavy atom. The second kappa shape index (κ2) is 5.43. The van der Waals surface area contributed by atoms with Crippen LogP contribution in [0.3, 0.4) is 0 Å². The number of aromatic nitrogens is 1. The van der Waals surface area contributed by atoms with E-state index in [1.165, 1.54) is 22.5 Å². The summed E-state index contributed by atoms with van der Waals surface area (Å²) in [7, 11) is 0. The van der Waals surface area contributed by atoms with Crippen LogP contribution in [0.4, 0.5) is 0 Å². The molecule has 0 saturated heterocycles. The SMILES string of the molecule is CCc1ccccc1CCC1=NCCn2cccc21. The highest BCUT2D eigenvalue weighted by Gasteiger charge is 2.13. The zero-order chi connectivity index (χ0) is 13.1. The van der Waals surface area contributed by atoms with E-state index in [-0.39, 0.29) is 0 Å². The minimum absolute atomic E-state index is 0.923. The molecule has 1 aromatic heterocycles. The van der Waals surface area contributed by atoms with E-state index in [9.17, 15) is 0 Å². The molecule has 1 aliphatic heterocycles. The molecule has 0 atom stereocenters. The van der Waals surface area contributed by atoms with Crippen molar-refractivity contribution < 1.29 is 0 Å². The molecule has 2 heteroatoms. The summed E-state index contributed by atoms with van der Waals surface area (Å²) in [6, 6.07) is 13.1. The molecule has 0 fully saturated rings. The lowest BCUT2D eigenvalue weighted by Crippen LogP contribution is -2.18. The molecule has 0 N–H and O–H groups in total. The number of nitrogens with zero attached hydrogens (tertiary/aromatic N) is 2. The van der Waals surface area contributed by atoms with Gasteiger partial charge in [-0.1, -0.05) is 31.2 Å². The summed E-state index contributed by atoms with van der Waals surface area (Å²) >= 11 is 0. The van der Waals surface area contributed by atoms with Gasteiger partial charge in [0.2, 0.25) is 0 Å². The summed E-state index contributed by atoms with van der Waals surface area (Å²) in [6.45, 7) is 4.17. The van der Waals surface area contributed by atoms with Gasteiger partial charge in [-0.05, 0) is 42.5 Å². The lowest BCUT2D eigenvalue weighted by Gasteiger charge is -2.16. The third kappa shape index (κ3) is 2.48. The monoisotopic (exact) mass is 252 g/mol. The van der Waals surface area contributed by atoms with Gasteiger partial charge in [0.25, 0.3) is 0 Å². The fraction of sp³-hybridized carbons (Fsp3) is 0.353. The molecule has 2 aromatic rings. The van der Waals surface area contributed by atoms with Gasteiger partial charge in [0.15, 0.2) is 0 Å². The highest BCUT2D eigenvalue weighted by molar-refractivity contribution is 5.99. The van der Waals surface area contributed by atoms with Gasteiger partial charge >= 0.3 is 0 Å². The number of aryl methyl sites for hydroxylation is 2. The second-order valence-electron chi connectivity index (χ2n) is 5.04. The van der Waals surface area contributed by atoms with E-state index in [0.717, 1.165) is 32.4 Å². The third-order valence-corrected chi connectivity index (χ3v) is 3.90. The molecule has 1 aromatic carbocycles. The second-order valence-corrected chi connectivity index (χ2v) is 5.04. The molecule has 0 amide bonds. The molecule has 3 rings (SSSR count). The molecule has 0 spiro atoms. The molecule has 2 heterocycles. The van der Waals surface area contributed by atoms with Crippen LogP contribution in [-0.2, 0) is 19.4 Å². The maximum Gasteiger partial charge on any atom is 0.0621 e. The Bertz CT molecular complexity index is 593. The van der Waals surface area contributed by atoms with E-state index >= 15 is 0 Å². The van der Waals surface area contributed by atoms with Crippen molar-refractivity contribution in [3.05, 3.63) is 59.4 Å². The molecule has 2 nitrogen and oxygen atoms in total. The quantitative estimate of drug-likeness (QED) is 0.792. The van der Waals surface area contributed by atoms with E-state index in [0.29, 0.717) is 0 Å². The van der Waals surface area contributed by atoms with Crippen molar-refractivity contribution in [2.24, 2.45) is 4.99 Å². The van der Waals surface area contributed by atoms with Crippen molar-refractivity contribution in [1.29, 1.82) is 0 Å². The van der Waals surface area contributed by atoms with Crippen LogP contribution in [-0.4, -0.2) is 16.8 Å². The Morgan fingerprint density at radius 2 is 1.89 bits per heavy atom. The van der Waals surface area contributed by atoms with Crippen LogP contribution < -0.4 is 0 Å². The Labute approximate surface area is 114 Å². The maximum atomic E-state index is 4.71. The Kier molecular flexibility index (Phi) is 3.49. The summed E-state index contributed by atoms with van der Waals surface area (Å²) in [4.78, 5) is 4.71. The molecule has 0 aliphatic carbocycles. The van der Waals surface area contributed by atoms with Crippen LogP contribution in [0.1, 0.15) is 30.2 Å². The first-order valence-electron chi connectivity index (χ1n) is 7.14. The van der Waals surface area contributed by atoms with Crippen LogP contribution in [0.2, 0.25) is 0 Å². The number of benzene rings is 1. The zero-order valence-electron chi connectivity index (χ0n) is 11.5. The Balaban J connectivity index is 1.75. The van der Waals surface area contributed by atoms with Crippen LogP contribution >= 0.6 is 0 Å². The van der Waals surface area contributed by atoms with Crippen molar-refractivity contribution in [2.75, 3.05) is 6.54 Å². The lowest BCUT2D eigenvalue weighted by molar-refractivity contribution is 0.684. The largest absolute Gasteiger partial charge is 0.345 e. The van der Waals surface area contributed by atoms with Crippen molar-refractivity contribution >= 4 is 5.71 Å². The molecule has 98 valence electrons. The molecular formula is C17H20N2. The van der Waals surface area contributed by atoms with E-state index in [1.807, 2.05) is 0 Å². The lowest BCUT2D eigenvalue weighted by atomic mass is 9.98. The maximum absolute atomic E-state index is 4.71. The number of hydrogen-bond donors (Lipinski definition) is 0. The predicted octanol–water partition coefficient (Wildman–Crippen LogP) is 3.49. The van der Waals surface area contributed by atoms with Crippen molar-refractivity contribution in [3.63, 3.8) is 0 Å². The van der Waals surface area contributed by atoms with E-state index in [2.05, 4.69) is 54.1 Å². The van der Waals surface area contributed by atoms with Crippen molar-refractivity contribution in [2.45, 2.75) is 32.7 Å². The van der Waals surface area contributed by atoms with Crippen molar-refractivity contribution in [3.8, 4) is 0 Å². The summed E-state index contributed by atoms with van der Waals surface area (Å²) in [5, 5.41) is 0. The van der Waals surface area contributed by atoms with Gasteiger partial charge < -0.3 is 4.57 Å². The predicted molar refractivity (Wildman–Crippen MR) is 80.0 cm³/mol.